The molecule has 1 aromatic heterocycles. The van der Waals surface area contributed by atoms with Crippen molar-refractivity contribution in [1.29, 1.82) is 0 Å². The molecule has 0 aliphatic carbocycles. The van der Waals surface area contributed by atoms with Crippen molar-refractivity contribution in [3.05, 3.63) is 60.4 Å². The van der Waals surface area contributed by atoms with Crippen LogP contribution in [0.3, 0.4) is 0 Å². The van der Waals surface area contributed by atoms with E-state index in [4.69, 9.17) is 4.42 Å². The Balaban J connectivity index is 2.76. The molecule has 0 aliphatic rings. The van der Waals surface area contributed by atoms with Gasteiger partial charge in [-0.25, -0.2) is 0 Å². The second-order valence-electron chi connectivity index (χ2n) is 3.63. The molecule has 2 rings (SSSR count). The van der Waals surface area contributed by atoms with Crippen molar-refractivity contribution in [2.24, 2.45) is 0 Å². The zero-order valence-corrected chi connectivity index (χ0v) is 9.36. The molecule has 0 spiro atoms. The Morgan fingerprint density at radius 3 is 2.75 bits per heavy atom. The maximum absolute atomic E-state index is 5.77. The van der Waals surface area contributed by atoms with E-state index in [9.17, 15) is 0 Å². The van der Waals surface area contributed by atoms with Gasteiger partial charge in [0, 0.05) is 10.9 Å². The van der Waals surface area contributed by atoms with Gasteiger partial charge in [-0.15, -0.1) is 0 Å². The standard InChI is InChI=1S/C15H14O/c1-4-6-9-13-12(5-2)15-11(3)8-7-10-14(15)16-13/h4-10H,1-2H2,3H3/b9-6-. The molecule has 80 valence electrons. The number of benzene rings is 1. The third kappa shape index (κ3) is 1.61. The molecule has 0 unspecified atom stereocenters. The molecular formula is C15H14O. The highest BCUT2D eigenvalue weighted by Crippen LogP contribution is 2.30. The molecule has 0 N–H and O–H groups in total. The lowest BCUT2D eigenvalue weighted by molar-refractivity contribution is 0.603. The predicted octanol–water partition coefficient (Wildman–Crippen LogP) is 4.58. The van der Waals surface area contributed by atoms with Crippen LogP contribution in [0.5, 0.6) is 0 Å². The van der Waals surface area contributed by atoms with E-state index in [1.807, 2.05) is 30.4 Å². The average molecular weight is 210 g/mol. The number of aryl methyl sites for hydroxylation is 1. The Labute approximate surface area is 95.4 Å². The topological polar surface area (TPSA) is 13.1 Å². The number of hydrogen-bond donors (Lipinski definition) is 0. The number of rotatable bonds is 3. The second kappa shape index (κ2) is 4.23. The van der Waals surface area contributed by atoms with E-state index >= 15 is 0 Å². The van der Waals surface area contributed by atoms with Gasteiger partial charge in [0.1, 0.15) is 11.3 Å². The quantitative estimate of drug-likeness (QED) is 0.675. The summed E-state index contributed by atoms with van der Waals surface area (Å²) in [5, 5.41) is 1.14. The fraction of sp³-hybridized carbons (Fsp3) is 0.0667. The van der Waals surface area contributed by atoms with Crippen LogP contribution in [0.15, 0.2) is 47.9 Å². The molecule has 2 aromatic rings. The van der Waals surface area contributed by atoms with Gasteiger partial charge in [-0.3, -0.25) is 0 Å². The molecule has 0 amide bonds. The third-order valence-corrected chi connectivity index (χ3v) is 2.58. The summed E-state index contributed by atoms with van der Waals surface area (Å²) >= 11 is 0. The van der Waals surface area contributed by atoms with Crippen molar-refractivity contribution in [1.82, 2.24) is 0 Å². The summed E-state index contributed by atoms with van der Waals surface area (Å²) in [5.41, 5.74) is 3.15. The molecule has 0 saturated carbocycles. The molecule has 0 fully saturated rings. The minimum absolute atomic E-state index is 0.833. The van der Waals surface area contributed by atoms with Crippen molar-refractivity contribution in [2.75, 3.05) is 0 Å². The summed E-state index contributed by atoms with van der Waals surface area (Å²) in [4.78, 5) is 0. The molecule has 1 heteroatoms. The molecule has 0 aliphatic heterocycles. The van der Waals surface area contributed by atoms with E-state index < -0.39 is 0 Å². The van der Waals surface area contributed by atoms with E-state index in [2.05, 4.69) is 26.1 Å². The molecule has 0 bridgehead atoms. The maximum atomic E-state index is 5.77. The van der Waals surface area contributed by atoms with Crippen LogP contribution in [0, 0.1) is 6.92 Å². The van der Waals surface area contributed by atoms with Gasteiger partial charge in [0.05, 0.1) is 0 Å². The molecular weight excluding hydrogens is 196 g/mol. The molecule has 1 heterocycles. The first-order valence-corrected chi connectivity index (χ1v) is 5.21. The minimum atomic E-state index is 0.833. The molecule has 1 nitrogen and oxygen atoms in total. The fourth-order valence-electron chi connectivity index (χ4n) is 1.85. The van der Waals surface area contributed by atoms with Gasteiger partial charge < -0.3 is 4.42 Å². The number of fused-ring (bicyclic) bond motifs is 1. The van der Waals surface area contributed by atoms with Gasteiger partial charge in [0.15, 0.2) is 0 Å². The van der Waals surface area contributed by atoms with E-state index in [-0.39, 0.29) is 0 Å². The van der Waals surface area contributed by atoms with Crippen molar-refractivity contribution in [3.8, 4) is 0 Å². The Bertz CT molecular complexity index is 570. The zero-order chi connectivity index (χ0) is 11.5. The Morgan fingerprint density at radius 2 is 2.06 bits per heavy atom. The molecule has 0 saturated heterocycles. The molecule has 1 aromatic carbocycles. The second-order valence-corrected chi connectivity index (χ2v) is 3.63. The number of allylic oxidation sites excluding steroid dienone is 2. The monoisotopic (exact) mass is 210 g/mol. The van der Waals surface area contributed by atoms with Crippen LogP contribution in [0.4, 0.5) is 0 Å². The van der Waals surface area contributed by atoms with E-state index in [0.29, 0.717) is 0 Å². The molecule has 0 radical (unpaired) electrons. The largest absolute Gasteiger partial charge is 0.456 e. The maximum Gasteiger partial charge on any atom is 0.135 e. The van der Waals surface area contributed by atoms with Gasteiger partial charge in [-0.2, -0.15) is 0 Å². The summed E-state index contributed by atoms with van der Waals surface area (Å²) in [6.07, 6.45) is 7.33. The SMILES string of the molecule is C=C/C=C\c1oc2cccc(C)c2c1C=C. The van der Waals surface area contributed by atoms with Crippen LogP contribution in [0.2, 0.25) is 0 Å². The minimum Gasteiger partial charge on any atom is -0.456 e. The van der Waals surface area contributed by atoms with Crippen molar-refractivity contribution < 1.29 is 4.42 Å². The lowest BCUT2D eigenvalue weighted by atomic mass is 10.1. The molecule has 16 heavy (non-hydrogen) atoms. The van der Waals surface area contributed by atoms with Crippen molar-refractivity contribution >= 4 is 23.1 Å². The molecule has 0 atom stereocenters. The number of furan rings is 1. The average Bonchev–Trinajstić information content (AvgIpc) is 2.65. The van der Waals surface area contributed by atoms with Gasteiger partial charge in [0.2, 0.25) is 0 Å². The summed E-state index contributed by atoms with van der Waals surface area (Å²) < 4.78 is 5.77. The van der Waals surface area contributed by atoms with E-state index in [1.54, 1.807) is 6.08 Å². The first-order chi connectivity index (χ1) is 7.77. The Hall–Kier alpha value is -2.02. The predicted molar refractivity (Wildman–Crippen MR) is 70.3 cm³/mol. The van der Waals surface area contributed by atoms with Crippen LogP contribution >= 0.6 is 0 Å². The normalized spacial score (nSPS) is 11.1. The highest BCUT2D eigenvalue weighted by Gasteiger charge is 2.10. The van der Waals surface area contributed by atoms with E-state index in [0.717, 1.165) is 22.3 Å². The fourth-order valence-corrected chi connectivity index (χ4v) is 1.85. The van der Waals surface area contributed by atoms with Gasteiger partial charge >= 0.3 is 0 Å². The van der Waals surface area contributed by atoms with Gasteiger partial charge in [-0.05, 0) is 24.6 Å². The summed E-state index contributed by atoms with van der Waals surface area (Å²) in [5.74, 6) is 0.833. The van der Waals surface area contributed by atoms with Crippen LogP contribution in [-0.2, 0) is 0 Å². The van der Waals surface area contributed by atoms with Crippen LogP contribution < -0.4 is 0 Å². The Kier molecular flexibility index (Phi) is 2.78. The first kappa shape index (κ1) is 10.5. The van der Waals surface area contributed by atoms with Crippen LogP contribution in [-0.4, -0.2) is 0 Å². The van der Waals surface area contributed by atoms with Gasteiger partial charge in [0.25, 0.3) is 0 Å². The summed E-state index contributed by atoms with van der Waals surface area (Å²) in [7, 11) is 0. The van der Waals surface area contributed by atoms with Crippen LogP contribution in [0.25, 0.3) is 23.1 Å². The summed E-state index contributed by atoms with van der Waals surface area (Å²) in [6.45, 7) is 9.57. The van der Waals surface area contributed by atoms with Gasteiger partial charge in [-0.1, -0.05) is 43.5 Å². The number of hydrogen-bond acceptors (Lipinski definition) is 1. The van der Waals surface area contributed by atoms with Crippen molar-refractivity contribution in [2.45, 2.75) is 6.92 Å². The summed E-state index contributed by atoms with van der Waals surface area (Å²) in [6, 6.07) is 6.04. The Morgan fingerprint density at radius 1 is 1.25 bits per heavy atom. The highest BCUT2D eigenvalue weighted by atomic mass is 16.3. The lowest BCUT2D eigenvalue weighted by Gasteiger charge is -1.95. The smallest absolute Gasteiger partial charge is 0.135 e. The van der Waals surface area contributed by atoms with Crippen LogP contribution in [0.1, 0.15) is 16.9 Å². The van der Waals surface area contributed by atoms with Crippen molar-refractivity contribution in [3.63, 3.8) is 0 Å². The highest BCUT2D eigenvalue weighted by molar-refractivity contribution is 5.93. The lowest BCUT2D eigenvalue weighted by Crippen LogP contribution is -1.76. The van der Waals surface area contributed by atoms with E-state index in [1.165, 1.54) is 5.56 Å². The third-order valence-electron chi connectivity index (χ3n) is 2.58. The first-order valence-electron chi connectivity index (χ1n) is 5.21. The zero-order valence-electron chi connectivity index (χ0n) is 9.36.